The molecule has 2 aromatic carbocycles. The third-order valence-electron chi connectivity index (χ3n) is 3.84. The van der Waals surface area contributed by atoms with Gasteiger partial charge in [0.15, 0.2) is 0 Å². The predicted octanol–water partition coefficient (Wildman–Crippen LogP) is 4.24. The zero-order valence-corrected chi connectivity index (χ0v) is 15.8. The second-order valence-corrected chi connectivity index (χ2v) is 7.24. The van der Waals surface area contributed by atoms with Crippen LogP contribution < -0.4 is 5.32 Å². The molecular weight excluding hydrogens is 324 g/mol. The van der Waals surface area contributed by atoms with Gasteiger partial charge in [0.05, 0.1) is 37.5 Å². The molecule has 2 aromatic rings. The van der Waals surface area contributed by atoms with Crippen molar-refractivity contribution in [3.8, 4) is 6.07 Å². The molecule has 0 aliphatic rings. The maximum absolute atomic E-state index is 9.49. The summed E-state index contributed by atoms with van der Waals surface area (Å²) in [6.45, 7) is 7.31. The van der Waals surface area contributed by atoms with Crippen LogP contribution in [0.25, 0.3) is 0 Å². The van der Waals surface area contributed by atoms with Crippen molar-refractivity contribution in [2.24, 2.45) is 0 Å². The van der Waals surface area contributed by atoms with Crippen molar-refractivity contribution in [1.82, 2.24) is 5.32 Å². The van der Waals surface area contributed by atoms with Gasteiger partial charge in [0.1, 0.15) is 6.04 Å². The van der Waals surface area contributed by atoms with Crippen LogP contribution in [0.4, 0.5) is 0 Å². The number of rotatable bonds is 9. The first-order chi connectivity index (χ1) is 12.5. The van der Waals surface area contributed by atoms with E-state index in [4.69, 9.17) is 9.47 Å². The molecule has 4 heteroatoms. The molecule has 0 heterocycles. The van der Waals surface area contributed by atoms with Gasteiger partial charge in [0, 0.05) is 0 Å². The Bertz CT molecular complexity index is 675. The van der Waals surface area contributed by atoms with Crippen molar-refractivity contribution in [1.29, 1.82) is 5.26 Å². The summed E-state index contributed by atoms with van der Waals surface area (Å²) >= 11 is 0. The lowest BCUT2D eigenvalue weighted by molar-refractivity contribution is -0.0111. The Balaban J connectivity index is 1.98. The average molecular weight is 352 g/mol. The molecule has 2 atom stereocenters. The highest BCUT2D eigenvalue weighted by atomic mass is 16.5. The quantitative estimate of drug-likeness (QED) is 0.733. The van der Waals surface area contributed by atoms with Crippen LogP contribution in [0.2, 0.25) is 0 Å². The Morgan fingerprint density at radius 1 is 0.962 bits per heavy atom. The fraction of sp³-hybridized carbons (Fsp3) is 0.409. The second-order valence-electron chi connectivity index (χ2n) is 7.24. The second kappa shape index (κ2) is 10.1. The highest BCUT2D eigenvalue weighted by molar-refractivity contribution is 5.20. The predicted molar refractivity (Wildman–Crippen MR) is 104 cm³/mol. The lowest BCUT2D eigenvalue weighted by Crippen LogP contribution is -2.39. The molecule has 0 aromatic heterocycles. The first kappa shape index (κ1) is 20.1. The monoisotopic (exact) mass is 352 g/mol. The molecule has 0 bridgehead atoms. The van der Waals surface area contributed by atoms with Gasteiger partial charge in [-0.1, -0.05) is 60.7 Å². The topological polar surface area (TPSA) is 54.3 Å². The Kier molecular flexibility index (Phi) is 7.80. The summed E-state index contributed by atoms with van der Waals surface area (Å²) in [5.74, 6) is 0. The van der Waals surface area contributed by atoms with Gasteiger partial charge < -0.3 is 9.47 Å². The number of hydrogen-bond acceptors (Lipinski definition) is 4. The van der Waals surface area contributed by atoms with Crippen molar-refractivity contribution in [3.63, 3.8) is 0 Å². The summed E-state index contributed by atoms with van der Waals surface area (Å²) in [5.41, 5.74) is 1.95. The van der Waals surface area contributed by atoms with Crippen LogP contribution in [-0.4, -0.2) is 24.9 Å². The average Bonchev–Trinajstić information content (AvgIpc) is 2.64. The summed E-state index contributed by atoms with van der Waals surface area (Å²) in [4.78, 5) is 0. The Labute approximate surface area is 156 Å². The van der Waals surface area contributed by atoms with Crippen LogP contribution in [0.1, 0.15) is 37.9 Å². The van der Waals surface area contributed by atoms with Gasteiger partial charge in [0.25, 0.3) is 0 Å². The molecule has 0 saturated carbocycles. The Morgan fingerprint density at radius 3 is 2.15 bits per heavy atom. The first-order valence-corrected chi connectivity index (χ1v) is 8.94. The van der Waals surface area contributed by atoms with Crippen molar-refractivity contribution < 1.29 is 9.47 Å². The van der Waals surface area contributed by atoms with Crippen molar-refractivity contribution in [3.05, 3.63) is 71.8 Å². The standard InChI is InChI=1S/C22H28N2O2/c1-22(2,3)26-16-20(14-23)24-21(19-12-8-5-9-13-19)17-25-15-18-10-6-4-7-11-18/h4-13,20-21,24H,15-17H2,1-3H3/t20-,21-/m1/s1. The van der Waals surface area contributed by atoms with Crippen LogP contribution in [0, 0.1) is 11.3 Å². The molecule has 0 unspecified atom stereocenters. The number of nitrogens with one attached hydrogen (secondary N) is 1. The van der Waals surface area contributed by atoms with Crippen LogP contribution >= 0.6 is 0 Å². The summed E-state index contributed by atoms with van der Waals surface area (Å²) in [5, 5.41) is 12.9. The van der Waals surface area contributed by atoms with Crippen LogP contribution in [0.5, 0.6) is 0 Å². The minimum atomic E-state index is -0.403. The minimum absolute atomic E-state index is 0.0758. The van der Waals surface area contributed by atoms with E-state index in [1.807, 2.05) is 81.4 Å². The fourth-order valence-corrected chi connectivity index (χ4v) is 2.49. The van der Waals surface area contributed by atoms with Crippen molar-refractivity contribution >= 4 is 0 Å². The molecule has 1 N–H and O–H groups in total. The molecule has 2 rings (SSSR count). The number of benzene rings is 2. The molecule has 0 aliphatic carbocycles. The highest BCUT2D eigenvalue weighted by Crippen LogP contribution is 2.16. The lowest BCUT2D eigenvalue weighted by Gasteiger charge is -2.26. The summed E-state index contributed by atoms with van der Waals surface area (Å²) in [7, 11) is 0. The summed E-state index contributed by atoms with van der Waals surface area (Å²) in [6.07, 6.45) is 0. The Hall–Kier alpha value is -2.19. The number of ether oxygens (including phenoxy) is 2. The summed E-state index contributed by atoms with van der Waals surface area (Å²) < 4.78 is 11.7. The number of nitriles is 1. The van der Waals surface area contributed by atoms with Gasteiger partial charge in [-0.25, -0.2) is 0 Å². The third-order valence-corrected chi connectivity index (χ3v) is 3.84. The van der Waals surface area contributed by atoms with Gasteiger partial charge in [-0.3, -0.25) is 5.32 Å². The van der Waals surface area contributed by atoms with E-state index in [1.165, 1.54) is 0 Å². The zero-order chi connectivity index (χ0) is 18.8. The number of hydrogen-bond donors (Lipinski definition) is 1. The van der Waals surface area contributed by atoms with Crippen LogP contribution in [0.3, 0.4) is 0 Å². The normalized spacial score (nSPS) is 13.8. The molecule has 138 valence electrons. The maximum atomic E-state index is 9.49. The zero-order valence-electron chi connectivity index (χ0n) is 15.8. The van der Waals surface area contributed by atoms with E-state index >= 15 is 0 Å². The molecule has 0 amide bonds. The molecule has 0 aliphatic heterocycles. The highest BCUT2D eigenvalue weighted by Gasteiger charge is 2.20. The molecule has 0 fully saturated rings. The van der Waals surface area contributed by atoms with Crippen molar-refractivity contribution in [2.75, 3.05) is 13.2 Å². The SMILES string of the molecule is CC(C)(C)OC[C@@H](C#N)N[C@H](COCc1ccccc1)c1ccccc1. The van der Waals surface area contributed by atoms with E-state index in [9.17, 15) is 5.26 Å². The van der Waals surface area contributed by atoms with Gasteiger partial charge in [-0.15, -0.1) is 0 Å². The van der Waals surface area contributed by atoms with E-state index in [-0.39, 0.29) is 11.6 Å². The van der Waals surface area contributed by atoms with Crippen LogP contribution in [0.15, 0.2) is 60.7 Å². The van der Waals surface area contributed by atoms with E-state index in [1.54, 1.807) is 0 Å². The first-order valence-electron chi connectivity index (χ1n) is 8.94. The molecule has 0 saturated heterocycles. The summed E-state index contributed by atoms with van der Waals surface area (Å²) in [6, 6.07) is 21.9. The van der Waals surface area contributed by atoms with Gasteiger partial charge in [-0.2, -0.15) is 5.26 Å². The molecule has 0 spiro atoms. The molecule has 0 radical (unpaired) electrons. The smallest absolute Gasteiger partial charge is 0.119 e. The third kappa shape index (κ3) is 7.37. The fourth-order valence-electron chi connectivity index (χ4n) is 2.49. The van der Waals surface area contributed by atoms with E-state index in [2.05, 4.69) is 11.4 Å². The van der Waals surface area contributed by atoms with E-state index in [0.29, 0.717) is 19.8 Å². The molecular formula is C22H28N2O2. The van der Waals surface area contributed by atoms with Gasteiger partial charge in [-0.05, 0) is 31.9 Å². The van der Waals surface area contributed by atoms with Gasteiger partial charge in [0.2, 0.25) is 0 Å². The van der Waals surface area contributed by atoms with Crippen LogP contribution in [-0.2, 0) is 16.1 Å². The largest absolute Gasteiger partial charge is 0.375 e. The minimum Gasteiger partial charge on any atom is -0.375 e. The molecule has 26 heavy (non-hydrogen) atoms. The van der Waals surface area contributed by atoms with E-state index in [0.717, 1.165) is 11.1 Å². The van der Waals surface area contributed by atoms with Crippen molar-refractivity contribution in [2.45, 2.75) is 45.1 Å². The van der Waals surface area contributed by atoms with E-state index < -0.39 is 6.04 Å². The molecule has 4 nitrogen and oxygen atoms in total. The van der Waals surface area contributed by atoms with Gasteiger partial charge >= 0.3 is 0 Å². The lowest BCUT2D eigenvalue weighted by atomic mass is 10.1. The maximum Gasteiger partial charge on any atom is 0.119 e. The number of nitrogens with zero attached hydrogens (tertiary/aromatic N) is 1. The Morgan fingerprint density at radius 2 is 1.58 bits per heavy atom.